The molecule has 5 heteroatoms. The smallest absolute Gasteiger partial charge is 0.251 e. The van der Waals surface area contributed by atoms with Gasteiger partial charge in [-0.1, -0.05) is 30.3 Å². The number of hydrogen-bond acceptors (Lipinski definition) is 2. The van der Waals surface area contributed by atoms with Crippen LogP contribution in [0.5, 0.6) is 0 Å². The number of rotatable bonds is 6. The fraction of sp³-hybridized carbons (Fsp3) is 0.300. The summed E-state index contributed by atoms with van der Waals surface area (Å²) < 4.78 is 14.0. The van der Waals surface area contributed by atoms with Gasteiger partial charge in [-0.3, -0.25) is 9.59 Å². The van der Waals surface area contributed by atoms with Crippen molar-refractivity contribution < 1.29 is 14.0 Å². The summed E-state index contributed by atoms with van der Waals surface area (Å²) in [6.45, 7) is 6.05. The van der Waals surface area contributed by atoms with E-state index in [2.05, 4.69) is 10.6 Å². The molecular formula is C20H23FN2O2. The quantitative estimate of drug-likeness (QED) is 0.847. The van der Waals surface area contributed by atoms with Crippen LogP contribution >= 0.6 is 0 Å². The third-order valence-electron chi connectivity index (χ3n) is 4.09. The molecule has 4 nitrogen and oxygen atoms in total. The first-order valence-electron chi connectivity index (χ1n) is 8.26. The molecule has 0 bridgehead atoms. The molecule has 0 fully saturated rings. The Kier molecular flexibility index (Phi) is 5.91. The molecular weight excluding hydrogens is 319 g/mol. The van der Waals surface area contributed by atoms with E-state index in [0.717, 1.165) is 5.56 Å². The minimum atomic E-state index is -0.997. The van der Waals surface area contributed by atoms with Crippen molar-refractivity contribution >= 4 is 11.8 Å². The Morgan fingerprint density at radius 3 is 2.44 bits per heavy atom. The zero-order valence-electron chi connectivity index (χ0n) is 14.7. The van der Waals surface area contributed by atoms with E-state index in [1.807, 2.05) is 13.0 Å². The summed E-state index contributed by atoms with van der Waals surface area (Å²) in [5, 5.41) is 5.56. The SMILES string of the molecule is CCNC(=O)c1cccc(CNC(=O)C(C)(C)c2ccccc2F)c1. The molecule has 2 aromatic carbocycles. The van der Waals surface area contributed by atoms with E-state index in [-0.39, 0.29) is 18.4 Å². The molecule has 0 aliphatic rings. The van der Waals surface area contributed by atoms with Crippen LogP contribution in [0.25, 0.3) is 0 Å². The number of halogens is 1. The molecule has 0 radical (unpaired) electrons. The van der Waals surface area contributed by atoms with Crippen LogP contribution in [0.4, 0.5) is 4.39 Å². The molecule has 2 N–H and O–H groups in total. The Morgan fingerprint density at radius 2 is 1.76 bits per heavy atom. The summed E-state index contributed by atoms with van der Waals surface area (Å²) in [6, 6.07) is 13.3. The molecule has 2 amide bonds. The molecule has 0 aliphatic heterocycles. The van der Waals surface area contributed by atoms with Crippen molar-refractivity contribution in [3.8, 4) is 0 Å². The molecule has 0 heterocycles. The van der Waals surface area contributed by atoms with E-state index in [0.29, 0.717) is 17.7 Å². The second-order valence-corrected chi connectivity index (χ2v) is 6.35. The number of nitrogens with one attached hydrogen (secondary N) is 2. The van der Waals surface area contributed by atoms with Gasteiger partial charge in [0.2, 0.25) is 5.91 Å². The van der Waals surface area contributed by atoms with E-state index in [1.54, 1.807) is 50.2 Å². The van der Waals surface area contributed by atoms with Crippen LogP contribution in [0.1, 0.15) is 42.3 Å². The fourth-order valence-corrected chi connectivity index (χ4v) is 2.58. The van der Waals surface area contributed by atoms with Gasteiger partial charge in [0.1, 0.15) is 5.82 Å². The van der Waals surface area contributed by atoms with Crippen LogP contribution in [0.3, 0.4) is 0 Å². The van der Waals surface area contributed by atoms with Crippen LogP contribution in [0.15, 0.2) is 48.5 Å². The van der Waals surface area contributed by atoms with E-state index < -0.39 is 11.2 Å². The van der Waals surface area contributed by atoms with E-state index in [9.17, 15) is 14.0 Å². The Labute approximate surface area is 147 Å². The maximum atomic E-state index is 14.0. The molecule has 0 aliphatic carbocycles. The molecule has 0 atom stereocenters. The van der Waals surface area contributed by atoms with Crippen LogP contribution in [0.2, 0.25) is 0 Å². The van der Waals surface area contributed by atoms with Gasteiger partial charge in [-0.2, -0.15) is 0 Å². The highest BCUT2D eigenvalue weighted by atomic mass is 19.1. The van der Waals surface area contributed by atoms with Crippen molar-refractivity contribution in [3.63, 3.8) is 0 Å². The minimum Gasteiger partial charge on any atom is -0.352 e. The van der Waals surface area contributed by atoms with Gasteiger partial charge >= 0.3 is 0 Å². The average molecular weight is 342 g/mol. The van der Waals surface area contributed by atoms with Gasteiger partial charge in [0.25, 0.3) is 5.91 Å². The topological polar surface area (TPSA) is 58.2 Å². The van der Waals surface area contributed by atoms with E-state index in [4.69, 9.17) is 0 Å². The summed E-state index contributed by atoms with van der Waals surface area (Å²) in [5.74, 6) is -0.829. The van der Waals surface area contributed by atoms with Crippen LogP contribution in [-0.4, -0.2) is 18.4 Å². The predicted octanol–water partition coefficient (Wildman–Crippen LogP) is 3.17. The molecule has 0 aromatic heterocycles. The standard InChI is InChI=1S/C20H23FN2O2/c1-4-22-18(24)15-9-7-8-14(12-15)13-23-19(25)20(2,3)16-10-5-6-11-17(16)21/h5-12H,4,13H2,1-3H3,(H,22,24)(H,23,25). The molecule has 0 saturated heterocycles. The number of carbonyl (C=O) groups excluding carboxylic acids is 2. The molecule has 132 valence electrons. The maximum Gasteiger partial charge on any atom is 0.251 e. The maximum absolute atomic E-state index is 14.0. The third-order valence-corrected chi connectivity index (χ3v) is 4.09. The highest BCUT2D eigenvalue weighted by Gasteiger charge is 2.31. The Bertz CT molecular complexity index is 772. The van der Waals surface area contributed by atoms with Gasteiger partial charge in [0.15, 0.2) is 0 Å². The zero-order chi connectivity index (χ0) is 18.4. The lowest BCUT2D eigenvalue weighted by molar-refractivity contribution is -0.125. The van der Waals surface area contributed by atoms with Gasteiger partial charge in [-0.15, -0.1) is 0 Å². The monoisotopic (exact) mass is 342 g/mol. The first-order chi connectivity index (χ1) is 11.9. The van der Waals surface area contributed by atoms with Gasteiger partial charge in [0.05, 0.1) is 5.41 Å². The lowest BCUT2D eigenvalue weighted by atomic mass is 9.83. The second-order valence-electron chi connectivity index (χ2n) is 6.35. The predicted molar refractivity (Wildman–Crippen MR) is 95.7 cm³/mol. The summed E-state index contributed by atoms with van der Waals surface area (Å²) in [4.78, 5) is 24.4. The van der Waals surface area contributed by atoms with E-state index in [1.165, 1.54) is 6.07 Å². The first-order valence-corrected chi connectivity index (χ1v) is 8.26. The highest BCUT2D eigenvalue weighted by Crippen LogP contribution is 2.26. The molecule has 2 aromatic rings. The number of amides is 2. The zero-order valence-corrected chi connectivity index (χ0v) is 14.7. The molecule has 0 spiro atoms. The third kappa shape index (κ3) is 4.44. The van der Waals surface area contributed by atoms with Crippen LogP contribution < -0.4 is 10.6 Å². The van der Waals surface area contributed by atoms with Crippen LogP contribution in [0, 0.1) is 5.82 Å². The number of hydrogen-bond donors (Lipinski definition) is 2. The van der Waals surface area contributed by atoms with Crippen LogP contribution in [-0.2, 0) is 16.8 Å². The van der Waals surface area contributed by atoms with Gasteiger partial charge in [-0.05, 0) is 44.5 Å². The van der Waals surface area contributed by atoms with E-state index >= 15 is 0 Å². The van der Waals surface area contributed by atoms with Gasteiger partial charge < -0.3 is 10.6 Å². The molecule has 0 unspecified atom stereocenters. The Balaban J connectivity index is 2.08. The summed E-state index contributed by atoms with van der Waals surface area (Å²) in [6.07, 6.45) is 0. The normalized spacial score (nSPS) is 11.0. The molecule has 2 rings (SSSR count). The van der Waals surface area contributed by atoms with Crippen molar-refractivity contribution in [2.24, 2.45) is 0 Å². The average Bonchev–Trinajstić information content (AvgIpc) is 2.60. The van der Waals surface area contributed by atoms with Gasteiger partial charge in [-0.25, -0.2) is 4.39 Å². The van der Waals surface area contributed by atoms with Crippen molar-refractivity contribution in [2.45, 2.75) is 32.7 Å². The molecule has 25 heavy (non-hydrogen) atoms. The number of benzene rings is 2. The summed E-state index contributed by atoms with van der Waals surface area (Å²) >= 11 is 0. The molecule has 0 saturated carbocycles. The van der Waals surface area contributed by atoms with Crippen molar-refractivity contribution in [1.29, 1.82) is 0 Å². The highest BCUT2D eigenvalue weighted by molar-refractivity contribution is 5.94. The lowest BCUT2D eigenvalue weighted by Crippen LogP contribution is -2.40. The second kappa shape index (κ2) is 7.92. The largest absolute Gasteiger partial charge is 0.352 e. The fourth-order valence-electron chi connectivity index (χ4n) is 2.58. The van der Waals surface area contributed by atoms with Crippen molar-refractivity contribution in [1.82, 2.24) is 10.6 Å². The number of carbonyl (C=O) groups is 2. The van der Waals surface area contributed by atoms with Crippen molar-refractivity contribution in [2.75, 3.05) is 6.54 Å². The minimum absolute atomic E-state index is 0.151. The summed E-state index contributed by atoms with van der Waals surface area (Å²) in [5.41, 5.74) is 0.703. The Hall–Kier alpha value is -2.69. The Morgan fingerprint density at radius 1 is 1.04 bits per heavy atom. The van der Waals surface area contributed by atoms with Crippen molar-refractivity contribution in [3.05, 3.63) is 71.0 Å². The lowest BCUT2D eigenvalue weighted by Gasteiger charge is -2.24. The summed E-state index contributed by atoms with van der Waals surface area (Å²) in [7, 11) is 0. The first kappa shape index (κ1) is 18.6. The van der Waals surface area contributed by atoms with Gasteiger partial charge in [0, 0.05) is 24.2 Å².